The quantitative estimate of drug-likeness (QED) is 0.882. The summed E-state index contributed by atoms with van der Waals surface area (Å²) in [5.41, 5.74) is -0.0199. The molecule has 7 nitrogen and oxygen atoms in total. The second-order valence-corrected chi connectivity index (χ2v) is 6.07. The molecule has 3 rings (SSSR count). The van der Waals surface area contributed by atoms with Crippen LogP contribution in [-0.4, -0.2) is 62.9 Å². The Labute approximate surface area is 144 Å². The minimum Gasteiger partial charge on any atom is -0.423 e. The maximum absolute atomic E-state index is 14.5. The first-order chi connectivity index (χ1) is 11.9. The average Bonchev–Trinajstić information content (AvgIpc) is 2.96. The van der Waals surface area contributed by atoms with Crippen LogP contribution < -0.4 is 15.1 Å². The van der Waals surface area contributed by atoms with Crippen molar-refractivity contribution in [2.45, 2.75) is 13.2 Å². The first kappa shape index (κ1) is 17.4. The number of halogens is 2. The van der Waals surface area contributed by atoms with Gasteiger partial charge in [-0.1, -0.05) is 0 Å². The van der Waals surface area contributed by atoms with Crippen molar-refractivity contribution >= 4 is 23.4 Å². The molecule has 0 bridgehead atoms. The molecular weight excluding hydrogens is 334 g/mol. The van der Waals surface area contributed by atoms with Gasteiger partial charge in [-0.15, -0.1) is 0 Å². The van der Waals surface area contributed by atoms with Crippen molar-refractivity contribution in [2.24, 2.45) is 0 Å². The third-order valence-electron chi connectivity index (χ3n) is 4.47. The summed E-state index contributed by atoms with van der Waals surface area (Å²) in [7, 11) is 1.50. The molecule has 1 atom stereocenters. The van der Waals surface area contributed by atoms with Gasteiger partial charge < -0.3 is 19.9 Å². The standard InChI is InChI=1S/C16H20F2N4O3/c1-10(23)20(2)14-9-22(16(24)25-14)11-7-12(17)15(13(18)8-11)21-5-3-19-4-6-21/h7-8,14,19H,3-6,9H2,1-2H3. The van der Waals surface area contributed by atoms with Gasteiger partial charge in [-0.25, -0.2) is 13.6 Å². The number of anilines is 2. The van der Waals surface area contributed by atoms with E-state index in [1.807, 2.05) is 0 Å². The molecule has 136 valence electrons. The molecule has 0 spiro atoms. The average molecular weight is 354 g/mol. The predicted molar refractivity (Wildman–Crippen MR) is 87.5 cm³/mol. The largest absolute Gasteiger partial charge is 0.423 e. The SMILES string of the molecule is CC(=O)N(C)C1CN(c2cc(F)c(N3CCNCC3)c(F)c2)C(=O)O1. The number of likely N-dealkylation sites (N-methyl/N-ethyl adjacent to an activating group) is 1. The number of cyclic esters (lactones) is 1. The van der Waals surface area contributed by atoms with Crippen LogP contribution in [0.5, 0.6) is 0 Å². The van der Waals surface area contributed by atoms with Gasteiger partial charge in [0, 0.05) is 52.3 Å². The van der Waals surface area contributed by atoms with Gasteiger partial charge in [-0.2, -0.15) is 0 Å². The molecule has 2 fully saturated rings. The fourth-order valence-electron chi connectivity index (χ4n) is 2.96. The Bertz CT molecular complexity index is 671. The number of nitrogens with one attached hydrogen (secondary N) is 1. The van der Waals surface area contributed by atoms with Crippen LogP contribution in [0.25, 0.3) is 0 Å². The molecule has 2 saturated heterocycles. The van der Waals surface area contributed by atoms with Crippen LogP contribution in [0.15, 0.2) is 12.1 Å². The zero-order chi connectivity index (χ0) is 18.1. The molecule has 0 saturated carbocycles. The molecule has 0 radical (unpaired) electrons. The van der Waals surface area contributed by atoms with Crippen molar-refractivity contribution in [1.29, 1.82) is 0 Å². The lowest BCUT2D eigenvalue weighted by molar-refractivity contribution is -0.134. The lowest BCUT2D eigenvalue weighted by atomic mass is 10.2. The molecular formula is C16H20F2N4O3. The number of ether oxygens (including phenoxy) is 1. The Kier molecular flexibility index (Phi) is 4.76. The maximum Gasteiger partial charge on any atom is 0.416 e. The van der Waals surface area contributed by atoms with Crippen molar-refractivity contribution in [1.82, 2.24) is 10.2 Å². The third kappa shape index (κ3) is 3.37. The number of nitrogens with zero attached hydrogens (tertiary/aromatic N) is 3. The van der Waals surface area contributed by atoms with Gasteiger partial charge in [0.25, 0.3) is 0 Å². The number of hydrogen-bond donors (Lipinski definition) is 1. The molecule has 2 amide bonds. The molecule has 0 aliphatic carbocycles. The summed E-state index contributed by atoms with van der Waals surface area (Å²) in [5, 5.41) is 3.12. The van der Waals surface area contributed by atoms with Crippen molar-refractivity contribution in [3.8, 4) is 0 Å². The van der Waals surface area contributed by atoms with Crippen LogP contribution in [0.2, 0.25) is 0 Å². The van der Waals surface area contributed by atoms with Crippen LogP contribution in [-0.2, 0) is 9.53 Å². The van der Waals surface area contributed by atoms with Gasteiger partial charge in [0.15, 0.2) is 17.9 Å². The topological polar surface area (TPSA) is 65.1 Å². The summed E-state index contributed by atoms with van der Waals surface area (Å²) in [4.78, 5) is 27.4. The van der Waals surface area contributed by atoms with E-state index in [0.29, 0.717) is 26.2 Å². The molecule has 1 unspecified atom stereocenters. The fraction of sp³-hybridized carbons (Fsp3) is 0.500. The van der Waals surface area contributed by atoms with Gasteiger partial charge in [-0.05, 0) is 0 Å². The normalized spacial score (nSPS) is 20.6. The van der Waals surface area contributed by atoms with E-state index in [1.54, 1.807) is 4.90 Å². The Balaban J connectivity index is 1.83. The summed E-state index contributed by atoms with van der Waals surface area (Å²) in [6, 6.07) is 2.25. The first-order valence-corrected chi connectivity index (χ1v) is 8.04. The van der Waals surface area contributed by atoms with E-state index in [9.17, 15) is 18.4 Å². The second-order valence-electron chi connectivity index (χ2n) is 6.07. The highest BCUT2D eigenvalue weighted by Crippen LogP contribution is 2.31. The van der Waals surface area contributed by atoms with E-state index in [-0.39, 0.29) is 23.8 Å². The fourth-order valence-corrected chi connectivity index (χ4v) is 2.96. The minimum atomic E-state index is -0.788. The number of rotatable bonds is 3. The number of amides is 2. The summed E-state index contributed by atoms with van der Waals surface area (Å²) in [5.74, 6) is -1.73. The number of piperazine rings is 1. The van der Waals surface area contributed by atoms with E-state index < -0.39 is 24.0 Å². The second kappa shape index (κ2) is 6.83. The molecule has 9 heteroatoms. The minimum absolute atomic E-state index is 0.0147. The van der Waals surface area contributed by atoms with Crippen molar-refractivity contribution in [2.75, 3.05) is 49.6 Å². The number of carbonyl (C=O) groups excluding carboxylic acids is 2. The van der Waals surface area contributed by atoms with E-state index in [2.05, 4.69) is 5.32 Å². The summed E-state index contributed by atoms with van der Waals surface area (Å²) < 4.78 is 34.1. The highest BCUT2D eigenvalue weighted by atomic mass is 19.1. The molecule has 0 aromatic heterocycles. The Morgan fingerprint density at radius 2 is 1.88 bits per heavy atom. The molecule has 25 heavy (non-hydrogen) atoms. The highest BCUT2D eigenvalue weighted by molar-refractivity contribution is 5.90. The summed E-state index contributed by atoms with van der Waals surface area (Å²) in [6.45, 7) is 3.67. The smallest absolute Gasteiger partial charge is 0.416 e. The van der Waals surface area contributed by atoms with Gasteiger partial charge in [-0.3, -0.25) is 9.69 Å². The number of hydrogen-bond acceptors (Lipinski definition) is 5. The van der Waals surface area contributed by atoms with E-state index >= 15 is 0 Å². The first-order valence-electron chi connectivity index (χ1n) is 8.04. The molecule has 1 aromatic carbocycles. The monoisotopic (exact) mass is 354 g/mol. The zero-order valence-corrected chi connectivity index (χ0v) is 14.1. The van der Waals surface area contributed by atoms with Crippen molar-refractivity contribution in [3.05, 3.63) is 23.8 Å². The van der Waals surface area contributed by atoms with E-state index in [1.165, 1.54) is 18.9 Å². The molecule has 2 aliphatic rings. The van der Waals surface area contributed by atoms with Crippen LogP contribution >= 0.6 is 0 Å². The Morgan fingerprint density at radius 1 is 1.28 bits per heavy atom. The molecule has 1 N–H and O–H groups in total. The lowest BCUT2D eigenvalue weighted by Crippen LogP contribution is -2.44. The van der Waals surface area contributed by atoms with Crippen LogP contribution in [0.1, 0.15) is 6.92 Å². The lowest BCUT2D eigenvalue weighted by Gasteiger charge is -2.30. The maximum atomic E-state index is 14.5. The van der Waals surface area contributed by atoms with Gasteiger partial charge in [0.2, 0.25) is 5.91 Å². The number of benzene rings is 1. The third-order valence-corrected chi connectivity index (χ3v) is 4.47. The van der Waals surface area contributed by atoms with Crippen LogP contribution in [0.3, 0.4) is 0 Å². The van der Waals surface area contributed by atoms with Crippen molar-refractivity contribution in [3.63, 3.8) is 0 Å². The molecule has 2 heterocycles. The van der Waals surface area contributed by atoms with Gasteiger partial charge in [0.05, 0.1) is 12.2 Å². The van der Waals surface area contributed by atoms with Gasteiger partial charge in [0.1, 0.15) is 5.69 Å². The van der Waals surface area contributed by atoms with Gasteiger partial charge >= 0.3 is 6.09 Å². The van der Waals surface area contributed by atoms with Crippen LogP contribution in [0, 0.1) is 11.6 Å². The Hall–Kier alpha value is -2.42. The van der Waals surface area contributed by atoms with Crippen molar-refractivity contribution < 1.29 is 23.1 Å². The summed E-state index contributed by atoms with van der Waals surface area (Å²) in [6.07, 6.45) is -1.53. The van der Waals surface area contributed by atoms with Crippen LogP contribution in [0.4, 0.5) is 25.0 Å². The zero-order valence-electron chi connectivity index (χ0n) is 14.1. The predicted octanol–water partition coefficient (Wildman–Crippen LogP) is 1.14. The van der Waals surface area contributed by atoms with E-state index in [0.717, 1.165) is 17.0 Å². The molecule has 2 aliphatic heterocycles. The highest BCUT2D eigenvalue weighted by Gasteiger charge is 2.36. The van der Waals surface area contributed by atoms with E-state index in [4.69, 9.17) is 4.74 Å². The summed E-state index contributed by atoms with van der Waals surface area (Å²) >= 11 is 0. The number of carbonyl (C=O) groups is 2. The Morgan fingerprint density at radius 3 is 2.44 bits per heavy atom. The molecule has 1 aromatic rings.